The van der Waals surface area contributed by atoms with Crippen LogP contribution in [0.25, 0.3) is 0 Å². The Labute approximate surface area is 163 Å². The Morgan fingerprint density at radius 1 is 0.929 bits per heavy atom. The van der Waals surface area contributed by atoms with Gasteiger partial charge in [0, 0.05) is 18.5 Å². The SMILES string of the molecule is O=C(CN1CCCCCC1=O)NNC(=O)c1cccc(Oc2ccccc2)c1. The molecule has 0 bridgehead atoms. The van der Waals surface area contributed by atoms with Gasteiger partial charge >= 0.3 is 0 Å². The number of carbonyl (C=O) groups is 3. The summed E-state index contributed by atoms with van der Waals surface area (Å²) in [6, 6.07) is 15.9. The second-order valence-electron chi connectivity index (χ2n) is 6.57. The van der Waals surface area contributed by atoms with E-state index in [9.17, 15) is 14.4 Å². The summed E-state index contributed by atoms with van der Waals surface area (Å²) in [6.45, 7) is 0.509. The number of benzene rings is 2. The molecule has 1 aliphatic heterocycles. The monoisotopic (exact) mass is 381 g/mol. The smallest absolute Gasteiger partial charge is 0.269 e. The van der Waals surface area contributed by atoms with Crippen molar-refractivity contribution in [3.8, 4) is 11.5 Å². The number of rotatable bonds is 5. The summed E-state index contributed by atoms with van der Waals surface area (Å²) in [5.74, 6) is 0.259. The number of para-hydroxylation sites is 1. The van der Waals surface area contributed by atoms with Gasteiger partial charge in [-0.15, -0.1) is 0 Å². The number of hydrogen-bond donors (Lipinski definition) is 2. The summed E-state index contributed by atoms with van der Waals surface area (Å²) < 4.78 is 5.71. The van der Waals surface area contributed by atoms with E-state index in [1.165, 1.54) is 4.90 Å². The van der Waals surface area contributed by atoms with E-state index in [-0.39, 0.29) is 12.5 Å². The normalized spacial score (nSPS) is 14.1. The van der Waals surface area contributed by atoms with Gasteiger partial charge in [0.05, 0.1) is 0 Å². The molecule has 0 atom stereocenters. The number of ether oxygens (including phenoxy) is 1. The minimum Gasteiger partial charge on any atom is -0.457 e. The first-order chi connectivity index (χ1) is 13.6. The van der Waals surface area contributed by atoms with Crippen LogP contribution in [0.2, 0.25) is 0 Å². The standard InChI is InChI=1S/C21H23N3O4/c25-19(15-24-13-6-2-5-12-20(24)26)22-23-21(27)16-8-7-11-18(14-16)28-17-9-3-1-4-10-17/h1,3-4,7-11,14H,2,5-6,12-13,15H2,(H,22,25)(H,23,27). The largest absolute Gasteiger partial charge is 0.457 e. The molecular formula is C21H23N3O4. The summed E-state index contributed by atoms with van der Waals surface area (Å²) in [5.41, 5.74) is 5.09. The summed E-state index contributed by atoms with van der Waals surface area (Å²) >= 11 is 0. The minimum atomic E-state index is -0.464. The summed E-state index contributed by atoms with van der Waals surface area (Å²) in [4.78, 5) is 37.8. The molecule has 3 amide bonds. The fraction of sp³-hybridized carbons (Fsp3) is 0.286. The van der Waals surface area contributed by atoms with Crippen LogP contribution in [0, 0.1) is 0 Å². The van der Waals surface area contributed by atoms with E-state index in [0.717, 1.165) is 19.3 Å². The topological polar surface area (TPSA) is 87.7 Å². The van der Waals surface area contributed by atoms with Crippen LogP contribution in [0.3, 0.4) is 0 Å². The molecule has 0 aliphatic carbocycles. The molecule has 3 rings (SSSR count). The van der Waals surface area contributed by atoms with Gasteiger partial charge < -0.3 is 9.64 Å². The van der Waals surface area contributed by atoms with Crippen LogP contribution < -0.4 is 15.6 Å². The van der Waals surface area contributed by atoms with Crippen LogP contribution in [0.4, 0.5) is 0 Å². The maximum absolute atomic E-state index is 12.3. The predicted molar refractivity (Wildman–Crippen MR) is 104 cm³/mol. The lowest BCUT2D eigenvalue weighted by molar-refractivity contribution is -0.135. The number of hydrazine groups is 1. The molecule has 7 nitrogen and oxygen atoms in total. The first kappa shape index (κ1) is 19.4. The Morgan fingerprint density at radius 3 is 2.54 bits per heavy atom. The van der Waals surface area contributed by atoms with Gasteiger partial charge in [-0.2, -0.15) is 0 Å². The van der Waals surface area contributed by atoms with Crippen molar-refractivity contribution < 1.29 is 19.1 Å². The zero-order chi connectivity index (χ0) is 19.8. The number of hydrogen-bond acceptors (Lipinski definition) is 4. The van der Waals surface area contributed by atoms with Crippen LogP contribution in [0.1, 0.15) is 36.0 Å². The van der Waals surface area contributed by atoms with Crippen LogP contribution in [0.15, 0.2) is 54.6 Å². The highest BCUT2D eigenvalue weighted by Gasteiger charge is 2.19. The molecule has 0 aromatic heterocycles. The Kier molecular flexibility index (Phi) is 6.62. The van der Waals surface area contributed by atoms with E-state index >= 15 is 0 Å². The molecule has 1 heterocycles. The molecule has 28 heavy (non-hydrogen) atoms. The summed E-state index contributed by atoms with van der Waals surface area (Å²) in [5, 5.41) is 0. The van der Waals surface area contributed by atoms with Crippen molar-refractivity contribution in [2.75, 3.05) is 13.1 Å². The van der Waals surface area contributed by atoms with E-state index in [4.69, 9.17) is 4.74 Å². The third-order valence-electron chi connectivity index (χ3n) is 4.40. The van der Waals surface area contributed by atoms with Gasteiger partial charge in [0.25, 0.3) is 11.8 Å². The van der Waals surface area contributed by atoms with Gasteiger partial charge in [-0.1, -0.05) is 30.7 Å². The van der Waals surface area contributed by atoms with Crippen LogP contribution in [-0.4, -0.2) is 35.7 Å². The number of nitrogens with one attached hydrogen (secondary N) is 2. The highest BCUT2D eigenvalue weighted by Crippen LogP contribution is 2.21. The lowest BCUT2D eigenvalue weighted by Crippen LogP contribution is -2.47. The Balaban J connectivity index is 1.52. The van der Waals surface area contributed by atoms with E-state index in [1.807, 2.05) is 30.3 Å². The van der Waals surface area contributed by atoms with Crippen molar-refractivity contribution in [3.05, 3.63) is 60.2 Å². The second-order valence-corrected chi connectivity index (χ2v) is 6.57. The predicted octanol–water partition coefficient (Wildman–Crippen LogP) is 2.64. The lowest BCUT2D eigenvalue weighted by atomic mass is 10.2. The van der Waals surface area contributed by atoms with Gasteiger partial charge in [-0.25, -0.2) is 0 Å². The maximum atomic E-state index is 12.3. The molecule has 1 saturated heterocycles. The minimum absolute atomic E-state index is 0.0234. The average molecular weight is 381 g/mol. The first-order valence-corrected chi connectivity index (χ1v) is 9.32. The van der Waals surface area contributed by atoms with Gasteiger partial charge in [0.1, 0.15) is 18.0 Å². The molecule has 0 radical (unpaired) electrons. The summed E-state index contributed by atoms with van der Waals surface area (Å²) in [7, 11) is 0. The number of nitrogens with zero attached hydrogens (tertiary/aromatic N) is 1. The van der Waals surface area contributed by atoms with Crippen molar-refractivity contribution in [1.82, 2.24) is 15.8 Å². The average Bonchev–Trinajstić information content (AvgIpc) is 2.91. The van der Waals surface area contributed by atoms with Crippen molar-refractivity contribution >= 4 is 17.7 Å². The van der Waals surface area contributed by atoms with E-state index in [2.05, 4.69) is 10.9 Å². The van der Waals surface area contributed by atoms with E-state index in [0.29, 0.717) is 30.0 Å². The Morgan fingerprint density at radius 2 is 1.71 bits per heavy atom. The molecule has 0 spiro atoms. The lowest BCUT2D eigenvalue weighted by Gasteiger charge is -2.19. The Hall–Kier alpha value is -3.35. The van der Waals surface area contributed by atoms with Crippen molar-refractivity contribution in [2.24, 2.45) is 0 Å². The van der Waals surface area contributed by atoms with Gasteiger partial charge in [-0.05, 0) is 43.2 Å². The molecule has 2 aromatic carbocycles. The van der Waals surface area contributed by atoms with Gasteiger partial charge in [0.2, 0.25) is 5.91 Å². The quantitative estimate of drug-likeness (QED) is 0.780. The van der Waals surface area contributed by atoms with Crippen molar-refractivity contribution in [2.45, 2.75) is 25.7 Å². The molecule has 0 unspecified atom stereocenters. The van der Waals surface area contributed by atoms with Crippen LogP contribution in [0.5, 0.6) is 11.5 Å². The molecular weight excluding hydrogens is 358 g/mol. The molecule has 0 saturated carbocycles. The molecule has 1 fully saturated rings. The Bertz CT molecular complexity index is 839. The number of likely N-dealkylation sites (tertiary alicyclic amines) is 1. The molecule has 2 aromatic rings. The molecule has 1 aliphatic rings. The maximum Gasteiger partial charge on any atom is 0.269 e. The van der Waals surface area contributed by atoms with Crippen molar-refractivity contribution in [1.29, 1.82) is 0 Å². The molecule has 2 N–H and O–H groups in total. The van der Waals surface area contributed by atoms with Gasteiger partial charge in [-0.3, -0.25) is 25.2 Å². The van der Waals surface area contributed by atoms with Crippen LogP contribution >= 0.6 is 0 Å². The van der Waals surface area contributed by atoms with Crippen LogP contribution in [-0.2, 0) is 9.59 Å². The highest BCUT2D eigenvalue weighted by atomic mass is 16.5. The second kappa shape index (κ2) is 9.55. The zero-order valence-corrected chi connectivity index (χ0v) is 15.5. The van der Waals surface area contributed by atoms with E-state index in [1.54, 1.807) is 24.3 Å². The van der Waals surface area contributed by atoms with Crippen molar-refractivity contribution in [3.63, 3.8) is 0 Å². The molecule has 7 heteroatoms. The number of amides is 3. The van der Waals surface area contributed by atoms with E-state index < -0.39 is 11.8 Å². The molecule has 146 valence electrons. The fourth-order valence-corrected chi connectivity index (χ4v) is 2.94. The van der Waals surface area contributed by atoms with Gasteiger partial charge in [0.15, 0.2) is 0 Å². The number of carbonyl (C=O) groups excluding carboxylic acids is 3. The first-order valence-electron chi connectivity index (χ1n) is 9.32. The third-order valence-corrected chi connectivity index (χ3v) is 4.40. The highest BCUT2D eigenvalue weighted by molar-refractivity contribution is 5.96. The fourth-order valence-electron chi connectivity index (χ4n) is 2.94. The third kappa shape index (κ3) is 5.57. The zero-order valence-electron chi connectivity index (χ0n) is 15.5. The summed E-state index contributed by atoms with van der Waals surface area (Å²) in [6.07, 6.45) is 3.20.